The monoisotopic (exact) mass is 656 g/mol. The van der Waals surface area contributed by atoms with Crippen LogP contribution in [0, 0.1) is 0 Å². The van der Waals surface area contributed by atoms with Crippen molar-refractivity contribution >= 4 is 58.3 Å². The molecule has 0 radical (unpaired) electrons. The fourth-order valence-corrected chi connectivity index (χ4v) is 9.73. The van der Waals surface area contributed by atoms with Gasteiger partial charge in [-0.2, -0.15) is 0 Å². The minimum atomic E-state index is 0.0967. The van der Waals surface area contributed by atoms with Crippen molar-refractivity contribution in [2.75, 3.05) is 9.62 Å². The molecule has 0 aliphatic carbocycles. The number of hydrogen-bond acceptors (Lipinski definition) is 2. The van der Waals surface area contributed by atoms with Gasteiger partial charge in [0.2, 0.25) is 0 Å². The van der Waals surface area contributed by atoms with E-state index in [1.165, 1.54) is 100 Å². The second kappa shape index (κ2) is 10.5. The van der Waals surface area contributed by atoms with Crippen LogP contribution in [-0.2, 0) is 0 Å². The molecule has 0 fully saturated rings. The third kappa shape index (κ3) is 3.71. The summed E-state index contributed by atoms with van der Waals surface area (Å²) in [5.74, 6) is 0. The highest BCUT2D eigenvalue weighted by molar-refractivity contribution is 6.93. The molecular weight excluding hydrogens is 626 g/mol. The van der Waals surface area contributed by atoms with Crippen LogP contribution in [0.3, 0.4) is 0 Å². The van der Waals surface area contributed by atoms with Gasteiger partial charge < -0.3 is 9.62 Å². The second-order valence-corrected chi connectivity index (χ2v) is 14.4. The topological polar surface area (TPSA) is 6.48 Å². The van der Waals surface area contributed by atoms with Crippen LogP contribution in [-0.4, -0.2) is 13.7 Å². The van der Waals surface area contributed by atoms with Crippen LogP contribution in [0.4, 0.5) is 22.7 Å². The molecule has 2 nitrogen and oxygen atoms in total. The third-order valence-corrected chi connectivity index (χ3v) is 11.9. The van der Waals surface area contributed by atoms with E-state index in [0.717, 1.165) is 0 Å². The molecule has 52 heavy (non-hydrogen) atoms. The molecule has 0 unspecified atom stereocenters. The molecule has 0 saturated carbocycles. The van der Waals surface area contributed by atoms with Crippen LogP contribution in [0.25, 0.3) is 55.6 Å². The third-order valence-electron chi connectivity index (χ3n) is 11.9. The average Bonchev–Trinajstić information content (AvgIpc) is 3.23. The lowest BCUT2D eigenvalue weighted by atomic mass is 9.43. The van der Waals surface area contributed by atoms with Crippen molar-refractivity contribution in [3.63, 3.8) is 0 Å². The summed E-state index contributed by atoms with van der Waals surface area (Å²) >= 11 is 0. The summed E-state index contributed by atoms with van der Waals surface area (Å²) in [5.41, 5.74) is 23.3. The molecule has 0 bridgehead atoms. The summed E-state index contributed by atoms with van der Waals surface area (Å²) in [4.78, 5) is 5.18. The van der Waals surface area contributed by atoms with E-state index in [0.29, 0.717) is 0 Å². The second-order valence-electron chi connectivity index (χ2n) is 14.4. The zero-order valence-electron chi connectivity index (χ0n) is 28.4. The fourth-order valence-electron chi connectivity index (χ4n) is 9.73. The number of anilines is 4. The average molecular weight is 656 g/mol. The number of nitrogens with zero attached hydrogens (tertiary/aromatic N) is 2. The number of benzene rings is 8. The van der Waals surface area contributed by atoms with E-state index in [1.54, 1.807) is 0 Å². The van der Waals surface area contributed by atoms with Crippen LogP contribution < -0.4 is 31.5 Å². The van der Waals surface area contributed by atoms with Gasteiger partial charge in [0, 0.05) is 45.0 Å². The molecule has 4 heteroatoms. The van der Waals surface area contributed by atoms with Crippen molar-refractivity contribution in [3.8, 4) is 55.6 Å². The van der Waals surface area contributed by atoms with Crippen molar-refractivity contribution in [1.82, 2.24) is 0 Å². The summed E-state index contributed by atoms with van der Waals surface area (Å²) < 4.78 is 0. The van der Waals surface area contributed by atoms with Crippen LogP contribution in [0.15, 0.2) is 182 Å². The molecule has 8 aromatic rings. The molecular formula is C48H30B2N2. The Hall–Kier alpha value is -6.51. The number of rotatable bonds is 1. The first-order valence-corrected chi connectivity index (χ1v) is 18.3. The summed E-state index contributed by atoms with van der Waals surface area (Å²) in [6.45, 7) is 0.211. The molecule has 8 aromatic carbocycles. The molecule has 0 atom stereocenters. The van der Waals surface area contributed by atoms with Gasteiger partial charge >= 0.3 is 13.7 Å². The number of hydrogen-bond donors (Lipinski definition) is 0. The maximum atomic E-state index is 2.60. The van der Waals surface area contributed by atoms with Crippen molar-refractivity contribution in [3.05, 3.63) is 182 Å². The van der Waals surface area contributed by atoms with Crippen LogP contribution in [0.5, 0.6) is 0 Å². The van der Waals surface area contributed by atoms with Gasteiger partial charge in [-0.25, -0.2) is 0 Å². The maximum Gasteiger partial charge on any atom is 0.329 e. The van der Waals surface area contributed by atoms with Gasteiger partial charge in [0.1, 0.15) is 0 Å². The van der Waals surface area contributed by atoms with Gasteiger partial charge in [0.25, 0.3) is 0 Å². The van der Waals surface area contributed by atoms with Crippen LogP contribution >= 0.6 is 0 Å². The minimum Gasteiger partial charge on any atom is -0.376 e. The van der Waals surface area contributed by atoms with Crippen molar-refractivity contribution in [2.45, 2.75) is 0 Å². The molecule has 4 aliphatic rings. The normalized spacial score (nSPS) is 13.6. The molecule has 0 amide bonds. The number of para-hydroxylation sites is 2. The van der Waals surface area contributed by atoms with Crippen molar-refractivity contribution < 1.29 is 0 Å². The molecule has 0 aromatic heterocycles. The molecule has 4 heterocycles. The molecule has 0 N–H and O–H groups in total. The van der Waals surface area contributed by atoms with Crippen molar-refractivity contribution in [1.29, 1.82) is 0 Å². The van der Waals surface area contributed by atoms with Gasteiger partial charge in [-0.05, 0) is 85.6 Å². The molecule has 0 saturated heterocycles. The predicted octanol–water partition coefficient (Wildman–Crippen LogP) is 9.16. The molecule has 238 valence electrons. The van der Waals surface area contributed by atoms with Gasteiger partial charge in [-0.15, -0.1) is 0 Å². The molecule has 4 aliphatic heterocycles. The van der Waals surface area contributed by atoms with E-state index in [4.69, 9.17) is 0 Å². The minimum absolute atomic E-state index is 0.0967. The Morgan fingerprint density at radius 3 is 1.12 bits per heavy atom. The summed E-state index contributed by atoms with van der Waals surface area (Å²) in [6, 6.07) is 68.0. The first-order chi connectivity index (χ1) is 25.8. The lowest BCUT2D eigenvalue weighted by Crippen LogP contribution is -2.59. The zero-order valence-corrected chi connectivity index (χ0v) is 28.4. The van der Waals surface area contributed by atoms with Gasteiger partial charge in [-0.3, -0.25) is 0 Å². The Balaban J connectivity index is 1.06. The van der Waals surface area contributed by atoms with Gasteiger partial charge in [-0.1, -0.05) is 152 Å². The highest BCUT2D eigenvalue weighted by Gasteiger charge is 2.43. The summed E-state index contributed by atoms with van der Waals surface area (Å²) in [6.07, 6.45) is 0. The maximum absolute atomic E-state index is 2.60. The lowest BCUT2D eigenvalue weighted by Gasteiger charge is -2.44. The quantitative estimate of drug-likeness (QED) is 0.163. The van der Waals surface area contributed by atoms with E-state index in [2.05, 4.69) is 192 Å². The van der Waals surface area contributed by atoms with E-state index < -0.39 is 0 Å². The Labute approximate surface area is 304 Å². The van der Waals surface area contributed by atoms with E-state index in [1.807, 2.05) is 0 Å². The fraction of sp³-hybridized carbons (Fsp3) is 0. The summed E-state index contributed by atoms with van der Waals surface area (Å²) in [7, 11) is 0. The van der Waals surface area contributed by atoms with Crippen LogP contribution in [0.1, 0.15) is 0 Å². The highest BCUT2D eigenvalue weighted by Crippen LogP contribution is 2.49. The SMILES string of the molecule is c1ccc2c(c1)B1c3ccccc3-c3cc(-c4ccc5c(c4)N4B(c6ccccc6-c6ccccc64)c4ccccc4-5)ccc3N1c1ccccc1-2. The van der Waals surface area contributed by atoms with E-state index in [9.17, 15) is 0 Å². The Bertz CT molecular complexity index is 2800. The Morgan fingerprint density at radius 2 is 0.596 bits per heavy atom. The lowest BCUT2D eigenvalue weighted by molar-refractivity contribution is 1.34. The predicted molar refractivity (Wildman–Crippen MR) is 221 cm³/mol. The Kier molecular flexibility index (Phi) is 5.70. The smallest absolute Gasteiger partial charge is 0.329 e. The van der Waals surface area contributed by atoms with Gasteiger partial charge in [0.05, 0.1) is 0 Å². The van der Waals surface area contributed by atoms with E-state index >= 15 is 0 Å². The summed E-state index contributed by atoms with van der Waals surface area (Å²) in [5, 5.41) is 0. The molecule has 12 rings (SSSR count). The number of fused-ring (bicyclic) bond motifs is 22. The molecule has 0 spiro atoms. The highest BCUT2D eigenvalue weighted by atomic mass is 15.1. The standard InChI is InChI=1S/C48H30B2N2/c1-7-19-41-33(13-1)37-17-5-11-23-45(37)51-47-28-26-31(29-40(47)36-16-4-10-22-44(36)49(41)51)32-25-27-39-35-15-3-9-21-43(35)50-42-20-8-2-14-34(42)38-18-6-12-24-46(38)52(50)48(39)30-32/h1-30H. The first kappa shape index (κ1) is 28.2. The van der Waals surface area contributed by atoms with Crippen molar-refractivity contribution in [2.24, 2.45) is 0 Å². The zero-order chi connectivity index (χ0) is 33.9. The van der Waals surface area contributed by atoms with Crippen LogP contribution in [0.2, 0.25) is 0 Å². The first-order valence-electron chi connectivity index (χ1n) is 18.3. The van der Waals surface area contributed by atoms with Gasteiger partial charge in [0.15, 0.2) is 0 Å². The van der Waals surface area contributed by atoms with E-state index in [-0.39, 0.29) is 13.7 Å². The Morgan fingerprint density at radius 1 is 0.250 bits per heavy atom. The largest absolute Gasteiger partial charge is 0.376 e.